The predicted octanol–water partition coefficient (Wildman–Crippen LogP) is -5.09. The van der Waals surface area contributed by atoms with Gasteiger partial charge in [-0.25, -0.2) is 0 Å². The maximum absolute atomic E-state index is 11.1. The van der Waals surface area contributed by atoms with Crippen LogP contribution in [0.25, 0.3) is 0 Å². The topological polar surface area (TPSA) is 255 Å². The minimum atomic E-state index is -1.34. The lowest BCUT2D eigenvalue weighted by atomic mass is 9.90. The zero-order valence-electron chi connectivity index (χ0n) is 21.3. The van der Waals surface area contributed by atoms with E-state index in [1.165, 1.54) is 0 Å². The Morgan fingerprint density at radius 1 is 1.05 bits per heavy atom. The van der Waals surface area contributed by atoms with E-state index < -0.39 is 73.8 Å². The van der Waals surface area contributed by atoms with E-state index in [9.17, 15) is 20.4 Å². The quantitative estimate of drug-likeness (QED) is 0.0777. The van der Waals surface area contributed by atoms with E-state index in [1.807, 2.05) is 0 Å². The molecule has 3 rings (SSSR count). The van der Waals surface area contributed by atoms with Crippen LogP contribution in [-0.2, 0) is 23.7 Å². The molecule has 0 amide bonds. The normalized spacial score (nSPS) is 42.2. The molecule has 13 atom stereocenters. The SMILES string of the molecule is CNC1C(O[C@H]2OC(CO)[C@@H](NCCCN)CC2O)O[C@H]2CC(N)[C@@H](OC(O)C(N)CCN)OC2C1O. The first-order valence-corrected chi connectivity index (χ1v) is 13.0. The van der Waals surface area contributed by atoms with E-state index in [1.54, 1.807) is 7.05 Å². The molecule has 9 unspecified atom stereocenters. The van der Waals surface area contributed by atoms with Crippen LogP contribution >= 0.6 is 0 Å². The number of aliphatic hydroxyl groups excluding tert-OH is 4. The molecule has 3 heterocycles. The van der Waals surface area contributed by atoms with Crippen molar-refractivity contribution in [3.8, 4) is 0 Å². The summed E-state index contributed by atoms with van der Waals surface area (Å²) >= 11 is 0. The molecule has 218 valence electrons. The van der Waals surface area contributed by atoms with Gasteiger partial charge in [0.15, 0.2) is 25.2 Å². The van der Waals surface area contributed by atoms with Gasteiger partial charge >= 0.3 is 0 Å². The first-order chi connectivity index (χ1) is 17.7. The fourth-order valence-electron chi connectivity index (χ4n) is 4.95. The predicted molar refractivity (Wildman–Crippen MR) is 130 cm³/mol. The number of nitrogens with two attached hydrogens (primary N) is 4. The Hall–Kier alpha value is -0.600. The summed E-state index contributed by atoms with van der Waals surface area (Å²) in [5.74, 6) is 0. The molecular weight excluding hydrogens is 492 g/mol. The molecular formula is C22H46N6O9. The molecule has 15 heteroatoms. The van der Waals surface area contributed by atoms with Gasteiger partial charge in [-0.2, -0.15) is 0 Å². The number of nitrogens with one attached hydrogen (secondary N) is 2. The molecule has 0 aromatic rings. The molecule has 3 fully saturated rings. The molecule has 0 radical (unpaired) electrons. The molecule has 0 aliphatic carbocycles. The summed E-state index contributed by atoms with van der Waals surface area (Å²) in [6.45, 7) is 1.16. The van der Waals surface area contributed by atoms with E-state index in [0.717, 1.165) is 6.42 Å². The average molecular weight is 539 g/mol. The third kappa shape index (κ3) is 7.75. The monoisotopic (exact) mass is 538 g/mol. The van der Waals surface area contributed by atoms with Crippen LogP contribution < -0.4 is 33.6 Å². The second kappa shape index (κ2) is 14.7. The summed E-state index contributed by atoms with van der Waals surface area (Å²) in [6, 6.07) is -2.43. The minimum Gasteiger partial charge on any atom is -0.394 e. The molecule has 3 saturated heterocycles. The van der Waals surface area contributed by atoms with Gasteiger partial charge in [-0.05, 0) is 52.4 Å². The van der Waals surface area contributed by atoms with Crippen molar-refractivity contribution in [2.45, 2.75) is 106 Å². The second-order valence-corrected chi connectivity index (χ2v) is 9.85. The summed E-state index contributed by atoms with van der Waals surface area (Å²) in [6.07, 6.45) is -7.07. The number of aliphatic hydroxyl groups is 4. The molecule has 14 N–H and O–H groups in total. The molecule has 3 aliphatic rings. The highest BCUT2D eigenvalue weighted by Gasteiger charge is 2.52. The third-order valence-corrected chi connectivity index (χ3v) is 7.09. The van der Waals surface area contributed by atoms with Gasteiger partial charge in [0.05, 0.1) is 36.9 Å². The number of likely N-dealkylation sites (N-methyl/N-ethyl adjacent to an activating group) is 1. The van der Waals surface area contributed by atoms with Gasteiger partial charge in [0, 0.05) is 6.04 Å². The molecule has 0 aromatic carbocycles. The summed E-state index contributed by atoms with van der Waals surface area (Å²) in [4.78, 5) is 0. The van der Waals surface area contributed by atoms with Crippen molar-refractivity contribution >= 4 is 0 Å². The first-order valence-electron chi connectivity index (χ1n) is 13.0. The van der Waals surface area contributed by atoms with Crippen molar-refractivity contribution in [2.24, 2.45) is 22.9 Å². The average Bonchev–Trinajstić information content (AvgIpc) is 2.86. The van der Waals surface area contributed by atoms with E-state index in [2.05, 4.69) is 10.6 Å². The van der Waals surface area contributed by atoms with Crippen molar-refractivity contribution in [3.63, 3.8) is 0 Å². The Bertz CT molecular complexity index is 670. The highest BCUT2D eigenvalue weighted by atomic mass is 16.8. The summed E-state index contributed by atoms with van der Waals surface area (Å²) in [5.41, 5.74) is 23.1. The summed E-state index contributed by atoms with van der Waals surface area (Å²) < 4.78 is 29.4. The van der Waals surface area contributed by atoms with Crippen LogP contribution in [0.15, 0.2) is 0 Å². The van der Waals surface area contributed by atoms with Crippen LogP contribution in [0.1, 0.15) is 25.7 Å². The van der Waals surface area contributed by atoms with Gasteiger partial charge in [0.1, 0.15) is 18.3 Å². The zero-order valence-corrected chi connectivity index (χ0v) is 21.3. The summed E-state index contributed by atoms with van der Waals surface area (Å²) in [7, 11) is 1.62. The van der Waals surface area contributed by atoms with Gasteiger partial charge in [0.25, 0.3) is 0 Å². The fourth-order valence-corrected chi connectivity index (χ4v) is 4.95. The number of ether oxygens (including phenoxy) is 5. The zero-order chi connectivity index (χ0) is 27.1. The van der Waals surface area contributed by atoms with Crippen molar-refractivity contribution < 1.29 is 44.1 Å². The van der Waals surface area contributed by atoms with E-state index in [0.29, 0.717) is 19.5 Å². The fraction of sp³-hybridized carbons (Fsp3) is 1.00. The summed E-state index contributed by atoms with van der Waals surface area (Å²) in [5, 5.41) is 48.1. The van der Waals surface area contributed by atoms with Gasteiger partial charge in [-0.1, -0.05) is 0 Å². The van der Waals surface area contributed by atoms with Crippen molar-refractivity contribution in [2.75, 3.05) is 33.3 Å². The lowest BCUT2D eigenvalue weighted by Crippen LogP contribution is -2.69. The first kappa shape index (κ1) is 30.9. The highest BCUT2D eigenvalue weighted by Crippen LogP contribution is 2.34. The molecule has 0 saturated carbocycles. The van der Waals surface area contributed by atoms with Gasteiger partial charge in [-0.15, -0.1) is 0 Å². The van der Waals surface area contributed by atoms with Crippen molar-refractivity contribution in [1.82, 2.24) is 10.6 Å². The van der Waals surface area contributed by atoms with E-state index in [4.69, 9.17) is 46.6 Å². The van der Waals surface area contributed by atoms with Gasteiger partial charge in [-0.3, -0.25) is 0 Å². The molecule has 0 aromatic heterocycles. The van der Waals surface area contributed by atoms with E-state index in [-0.39, 0.29) is 32.0 Å². The number of rotatable bonds is 13. The minimum absolute atomic E-state index is 0.238. The Labute approximate surface area is 217 Å². The van der Waals surface area contributed by atoms with Crippen molar-refractivity contribution in [1.29, 1.82) is 0 Å². The standard InChI is InChI=1S/C22H46N6O9/c1-27-16-17(31)18-14(7-11(26)20(35-18)36-19(32)10(25)3-5-24)33-22(16)37-21-13(30)8-12(15(9-29)34-21)28-6-2-4-23/h10-22,27-32H,2-9,23-26H2,1H3/t10?,11?,12-,13?,14-,15?,16?,17?,18?,19?,20+,21+,22?/m0/s1. The number of hydrogen-bond acceptors (Lipinski definition) is 15. The van der Waals surface area contributed by atoms with Crippen LogP contribution in [-0.4, -0.2) is 134 Å². The lowest BCUT2D eigenvalue weighted by molar-refractivity contribution is -0.370. The second-order valence-electron chi connectivity index (χ2n) is 9.85. The maximum atomic E-state index is 11.1. The molecule has 0 bridgehead atoms. The highest BCUT2D eigenvalue weighted by molar-refractivity contribution is 4.99. The van der Waals surface area contributed by atoms with Crippen LogP contribution in [0.2, 0.25) is 0 Å². The molecule has 3 aliphatic heterocycles. The Morgan fingerprint density at radius 3 is 2.46 bits per heavy atom. The largest absolute Gasteiger partial charge is 0.394 e. The van der Waals surface area contributed by atoms with Gasteiger partial charge in [0.2, 0.25) is 0 Å². The Kier molecular flexibility index (Phi) is 12.3. The van der Waals surface area contributed by atoms with Crippen LogP contribution in [0, 0.1) is 0 Å². The van der Waals surface area contributed by atoms with Gasteiger partial charge < -0.3 is 77.7 Å². The Morgan fingerprint density at radius 2 is 1.81 bits per heavy atom. The van der Waals surface area contributed by atoms with E-state index >= 15 is 0 Å². The smallest absolute Gasteiger partial charge is 0.187 e. The van der Waals surface area contributed by atoms with Crippen LogP contribution in [0.3, 0.4) is 0 Å². The number of fused-ring (bicyclic) bond motifs is 1. The lowest BCUT2D eigenvalue weighted by Gasteiger charge is -2.50. The number of hydrogen-bond donors (Lipinski definition) is 10. The molecule has 0 spiro atoms. The van der Waals surface area contributed by atoms with Crippen LogP contribution in [0.5, 0.6) is 0 Å². The third-order valence-electron chi connectivity index (χ3n) is 7.09. The molecule has 37 heavy (non-hydrogen) atoms. The molecule has 15 nitrogen and oxygen atoms in total. The Balaban J connectivity index is 1.62. The maximum Gasteiger partial charge on any atom is 0.187 e. The van der Waals surface area contributed by atoms with Crippen LogP contribution in [0.4, 0.5) is 0 Å². The van der Waals surface area contributed by atoms with Crippen molar-refractivity contribution in [3.05, 3.63) is 0 Å².